The summed E-state index contributed by atoms with van der Waals surface area (Å²) in [6.07, 6.45) is -2.73. The Morgan fingerprint density at radius 1 is 1.35 bits per heavy atom. The molecule has 0 heterocycles. The third kappa shape index (κ3) is 3.15. The van der Waals surface area contributed by atoms with E-state index in [9.17, 15) is 18.0 Å². The van der Waals surface area contributed by atoms with Crippen LogP contribution >= 0.6 is 11.9 Å². The summed E-state index contributed by atoms with van der Waals surface area (Å²) in [7, 11) is 0. The molecule has 0 aliphatic rings. The zero-order chi connectivity index (χ0) is 13.1. The van der Waals surface area contributed by atoms with Gasteiger partial charge in [-0.15, -0.1) is 0 Å². The zero-order valence-corrected chi connectivity index (χ0v) is 10.2. The first kappa shape index (κ1) is 13.9. The molecule has 1 aromatic carbocycles. The number of halogens is 3. The van der Waals surface area contributed by atoms with Gasteiger partial charge in [-0.05, 0) is 24.1 Å². The summed E-state index contributed by atoms with van der Waals surface area (Å²) in [5.41, 5.74) is -0.907. The Morgan fingerprint density at radius 3 is 2.41 bits per heavy atom. The van der Waals surface area contributed by atoms with Crippen molar-refractivity contribution < 1.29 is 18.0 Å². The van der Waals surface area contributed by atoms with Gasteiger partial charge >= 0.3 is 6.18 Å². The van der Waals surface area contributed by atoms with Crippen molar-refractivity contribution in [2.75, 3.05) is 10.6 Å². The van der Waals surface area contributed by atoms with Crippen LogP contribution in [0.5, 0.6) is 0 Å². The van der Waals surface area contributed by atoms with Crippen molar-refractivity contribution in [3.63, 3.8) is 0 Å². The third-order valence-corrected chi connectivity index (χ3v) is 2.91. The zero-order valence-electron chi connectivity index (χ0n) is 9.41. The summed E-state index contributed by atoms with van der Waals surface area (Å²) in [4.78, 5) is 11.6. The standard InChI is InChI=1S/C11H12F3NOS/c1-3-10(16)15(17-2)9-7-5-4-6-8(9)11(12,13)14/h4-7H,3H2,1-2H3. The average Bonchev–Trinajstić information content (AvgIpc) is 2.29. The van der Waals surface area contributed by atoms with Crippen LogP contribution in [0.25, 0.3) is 0 Å². The lowest BCUT2D eigenvalue weighted by atomic mass is 10.1. The molecule has 0 aromatic heterocycles. The highest BCUT2D eigenvalue weighted by Gasteiger charge is 2.35. The first-order valence-corrected chi connectivity index (χ1v) is 6.13. The number of nitrogens with zero attached hydrogens (tertiary/aromatic N) is 1. The fourth-order valence-corrected chi connectivity index (χ4v) is 2.06. The number of para-hydroxylation sites is 1. The van der Waals surface area contributed by atoms with Crippen LogP contribution in [0, 0.1) is 0 Å². The van der Waals surface area contributed by atoms with E-state index in [4.69, 9.17) is 0 Å². The largest absolute Gasteiger partial charge is 0.418 e. The minimum absolute atomic E-state index is 0.112. The van der Waals surface area contributed by atoms with Gasteiger partial charge < -0.3 is 0 Å². The van der Waals surface area contributed by atoms with Gasteiger partial charge in [0.15, 0.2) is 0 Å². The predicted molar refractivity (Wildman–Crippen MR) is 62.7 cm³/mol. The lowest BCUT2D eigenvalue weighted by molar-refractivity contribution is -0.137. The number of hydrogen-bond donors (Lipinski definition) is 0. The normalized spacial score (nSPS) is 11.4. The highest BCUT2D eigenvalue weighted by Crippen LogP contribution is 2.38. The molecule has 0 saturated carbocycles. The van der Waals surface area contributed by atoms with Gasteiger partial charge in [-0.3, -0.25) is 9.10 Å². The van der Waals surface area contributed by atoms with E-state index >= 15 is 0 Å². The Bertz CT molecular complexity index is 406. The minimum Gasteiger partial charge on any atom is -0.274 e. The summed E-state index contributed by atoms with van der Waals surface area (Å²) < 4.78 is 39.4. The summed E-state index contributed by atoms with van der Waals surface area (Å²) >= 11 is 0.970. The second-order valence-corrected chi connectivity index (χ2v) is 3.97. The highest BCUT2D eigenvalue weighted by atomic mass is 32.2. The SMILES string of the molecule is CCC(=O)N(SC)c1ccccc1C(F)(F)F. The van der Waals surface area contributed by atoms with Crippen LogP contribution in [0.4, 0.5) is 18.9 Å². The predicted octanol–water partition coefficient (Wildman–Crippen LogP) is 3.73. The third-order valence-electron chi connectivity index (χ3n) is 2.14. The Hall–Kier alpha value is -1.17. The quantitative estimate of drug-likeness (QED) is 0.774. The second-order valence-electron chi connectivity index (χ2n) is 3.24. The van der Waals surface area contributed by atoms with E-state index in [0.717, 1.165) is 22.3 Å². The molecule has 0 aliphatic heterocycles. The summed E-state index contributed by atoms with van der Waals surface area (Å²) in [5, 5.41) is 0. The number of anilines is 1. The number of amides is 1. The maximum absolute atomic E-state index is 12.8. The van der Waals surface area contributed by atoms with E-state index in [1.54, 1.807) is 13.2 Å². The number of carbonyl (C=O) groups excluding carboxylic acids is 1. The first-order valence-electron chi connectivity index (χ1n) is 4.95. The summed E-state index contributed by atoms with van der Waals surface area (Å²) in [6.45, 7) is 1.61. The second kappa shape index (κ2) is 5.44. The molecule has 1 amide bonds. The molecule has 0 N–H and O–H groups in total. The summed E-state index contributed by atoms with van der Waals surface area (Å²) in [6, 6.07) is 5.06. The number of rotatable bonds is 3. The smallest absolute Gasteiger partial charge is 0.274 e. The highest BCUT2D eigenvalue weighted by molar-refractivity contribution is 8.00. The van der Waals surface area contributed by atoms with Gasteiger partial charge in [-0.25, -0.2) is 0 Å². The molecule has 2 nitrogen and oxygen atoms in total. The number of benzene rings is 1. The van der Waals surface area contributed by atoms with Crippen molar-refractivity contribution in [2.24, 2.45) is 0 Å². The maximum Gasteiger partial charge on any atom is 0.418 e. The van der Waals surface area contributed by atoms with Crippen molar-refractivity contribution in [2.45, 2.75) is 19.5 Å². The molecule has 0 spiro atoms. The first-order chi connectivity index (χ1) is 7.91. The van der Waals surface area contributed by atoms with E-state index in [-0.39, 0.29) is 18.0 Å². The molecular weight excluding hydrogens is 251 g/mol. The molecule has 1 aromatic rings. The fourth-order valence-electron chi connectivity index (χ4n) is 1.37. The van der Waals surface area contributed by atoms with E-state index in [1.807, 2.05) is 0 Å². The maximum atomic E-state index is 12.8. The molecule has 0 bridgehead atoms. The number of hydrogen-bond acceptors (Lipinski definition) is 2. The molecule has 94 valence electrons. The minimum atomic E-state index is -4.46. The topological polar surface area (TPSA) is 20.3 Å². The molecule has 1 rings (SSSR count). The van der Waals surface area contributed by atoms with Crippen LogP contribution < -0.4 is 4.31 Å². The molecule has 0 atom stereocenters. The van der Waals surface area contributed by atoms with Gasteiger partial charge in [0.05, 0.1) is 11.3 Å². The van der Waals surface area contributed by atoms with Crippen LogP contribution in [0.15, 0.2) is 24.3 Å². The number of alkyl halides is 3. The molecule has 0 aliphatic carbocycles. The Labute approximate surface area is 102 Å². The van der Waals surface area contributed by atoms with Gasteiger partial charge in [0.1, 0.15) is 0 Å². The average molecular weight is 263 g/mol. The van der Waals surface area contributed by atoms with Crippen LogP contribution in [-0.4, -0.2) is 12.2 Å². The number of carbonyl (C=O) groups is 1. The Morgan fingerprint density at radius 2 is 1.94 bits per heavy atom. The van der Waals surface area contributed by atoms with Crippen LogP contribution in [0.2, 0.25) is 0 Å². The van der Waals surface area contributed by atoms with Crippen molar-refractivity contribution in [1.29, 1.82) is 0 Å². The summed E-state index contributed by atoms with van der Waals surface area (Å²) in [5.74, 6) is -0.353. The molecule has 0 saturated heterocycles. The van der Waals surface area contributed by atoms with Crippen molar-refractivity contribution in [1.82, 2.24) is 0 Å². The van der Waals surface area contributed by atoms with E-state index in [1.165, 1.54) is 18.2 Å². The molecule has 6 heteroatoms. The van der Waals surface area contributed by atoms with E-state index < -0.39 is 11.7 Å². The van der Waals surface area contributed by atoms with Crippen molar-refractivity contribution >= 4 is 23.5 Å². The van der Waals surface area contributed by atoms with Gasteiger partial charge in [-0.1, -0.05) is 19.1 Å². The van der Waals surface area contributed by atoms with Gasteiger partial charge in [0.25, 0.3) is 0 Å². The van der Waals surface area contributed by atoms with Gasteiger partial charge in [0, 0.05) is 12.7 Å². The van der Waals surface area contributed by atoms with Gasteiger partial charge in [0.2, 0.25) is 5.91 Å². The van der Waals surface area contributed by atoms with Gasteiger partial charge in [-0.2, -0.15) is 13.2 Å². The monoisotopic (exact) mass is 263 g/mol. The molecule has 0 radical (unpaired) electrons. The Balaban J connectivity index is 3.25. The molecular formula is C11H12F3NOS. The van der Waals surface area contributed by atoms with Crippen LogP contribution in [-0.2, 0) is 11.0 Å². The van der Waals surface area contributed by atoms with Crippen molar-refractivity contribution in [3.8, 4) is 0 Å². The Kier molecular flexibility index (Phi) is 4.45. The van der Waals surface area contributed by atoms with E-state index in [0.29, 0.717) is 0 Å². The van der Waals surface area contributed by atoms with Crippen molar-refractivity contribution in [3.05, 3.63) is 29.8 Å². The molecule has 0 unspecified atom stereocenters. The molecule has 17 heavy (non-hydrogen) atoms. The lowest BCUT2D eigenvalue weighted by Gasteiger charge is -2.22. The lowest BCUT2D eigenvalue weighted by Crippen LogP contribution is -2.25. The van der Waals surface area contributed by atoms with Crippen LogP contribution in [0.1, 0.15) is 18.9 Å². The van der Waals surface area contributed by atoms with Crippen LogP contribution in [0.3, 0.4) is 0 Å². The van der Waals surface area contributed by atoms with E-state index in [2.05, 4.69) is 0 Å². The fraction of sp³-hybridized carbons (Fsp3) is 0.364. The molecule has 0 fully saturated rings.